The highest BCUT2D eigenvalue weighted by molar-refractivity contribution is 7.15. The maximum absolute atomic E-state index is 12.0. The van der Waals surface area contributed by atoms with Crippen LogP contribution < -0.4 is 10.6 Å². The monoisotopic (exact) mass is 345 g/mol. The Morgan fingerprint density at radius 1 is 1.26 bits per heavy atom. The number of anilines is 3. The van der Waals surface area contributed by atoms with Gasteiger partial charge in [-0.3, -0.25) is 4.79 Å². The predicted molar refractivity (Wildman–Crippen MR) is 93.6 cm³/mol. The molecule has 0 fully saturated rings. The third-order valence-corrected chi connectivity index (χ3v) is 4.55. The number of nitrogens with one attached hydrogen (secondary N) is 2. The molecule has 0 atom stereocenters. The fourth-order valence-corrected chi connectivity index (χ4v) is 3.30. The average molecular weight is 345 g/mol. The first-order valence-electron chi connectivity index (χ1n) is 6.95. The minimum atomic E-state index is -0.120. The number of thiazole rings is 2. The molecule has 0 aromatic carbocycles. The van der Waals surface area contributed by atoms with Gasteiger partial charge in [-0.05, 0) is 31.5 Å². The van der Waals surface area contributed by atoms with Crippen molar-refractivity contribution in [3.63, 3.8) is 0 Å². The second-order valence-corrected chi connectivity index (χ2v) is 7.08. The van der Waals surface area contributed by atoms with Crippen LogP contribution in [0.15, 0.2) is 29.9 Å². The van der Waals surface area contributed by atoms with Crippen molar-refractivity contribution in [2.75, 3.05) is 10.6 Å². The summed E-state index contributed by atoms with van der Waals surface area (Å²) >= 11 is 2.90. The summed E-state index contributed by atoms with van der Waals surface area (Å²) in [5, 5.41) is 9.12. The first kappa shape index (κ1) is 15.6. The van der Waals surface area contributed by atoms with Gasteiger partial charge in [0.15, 0.2) is 10.3 Å². The number of hydrogen-bond acceptors (Lipinski definition) is 7. The van der Waals surface area contributed by atoms with E-state index in [9.17, 15) is 4.79 Å². The van der Waals surface area contributed by atoms with Crippen LogP contribution in [0.2, 0.25) is 0 Å². The van der Waals surface area contributed by atoms with E-state index in [-0.39, 0.29) is 12.3 Å². The lowest BCUT2D eigenvalue weighted by molar-refractivity contribution is -0.115. The molecule has 0 unspecified atom stereocenters. The van der Waals surface area contributed by atoms with Gasteiger partial charge in [-0.2, -0.15) is 0 Å². The van der Waals surface area contributed by atoms with E-state index in [1.165, 1.54) is 22.7 Å². The zero-order valence-corrected chi connectivity index (χ0v) is 14.3. The highest BCUT2D eigenvalue weighted by atomic mass is 32.1. The molecule has 118 valence electrons. The number of nitrogens with zero attached hydrogens (tertiary/aromatic N) is 3. The van der Waals surface area contributed by atoms with Crippen molar-refractivity contribution in [3.8, 4) is 0 Å². The first-order valence-corrected chi connectivity index (χ1v) is 8.64. The summed E-state index contributed by atoms with van der Waals surface area (Å²) in [5.74, 6) is 0.624. The van der Waals surface area contributed by atoms with Gasteiger partial charge in [-0.15, -0.1) is 22.7 Å². The van der Waals surface area contributed by atoms with E-state index in [0.717, 1.165) is 27.1 Å². The first-order chi connectivity index (χ1) is 11.1. The highest BCUT2D eigenvalue weighted by Crippen LogP contribution is 2.21. The van der Waals surface area contributed by atoms with Crippen LogP contribution in [0.3, 0.4) is 0 Å². The van der Waals surface area contributed by atoms with E-state index >= 15 is 0 Å². The molecule has 0 saturated heterocycles. The molecule has 0 aliphatic carbocycles. The molecule has 0 aliphatic heterocycles. The molecule has 1 amide bonds. The summed E-state index contributed by atoms with van der Waals surface area (Å²) in [6.45, 7) is 3.95. The lowest BCUT2D eigenvalue weighted by atomic mass is 10.3. The maximum atomic E-state index is 12.0. The Balaban J connectivity index is 1.59. The number of amides is 1. The molecule has 3 aromatic rings. The summed E-state index contributed by atoms with van der Waals surface area (Å²) < 4.78 is 0. The van der Waals surface area contributed by atoms with Gasteiger partial charge in [0.2, 0.25) is 5.91 Å². The third kappa shape index (κ3) is 4.33. The van der Waals surface area contributed by atoms with Crippen molar-refractivity contribution in [1.82, 2.24) is 15.0 Å². The number of rotatable bonds is 5. The standard InChI is InChI=1S/C15H15N5OS2/c1-9-3-4-16-12(5-9)19-15-18-11(8-22-15)6-13(21)20-14-17-7-10(2)23-14/h3-5,7-8H,6H2,1-2H3,(H,16,18,19)(H,17,20,21). The van der Waals surface area contributed by atoms with E-state index in [4.69, 9.17) is 0 Å². The second-order valence-electron chi connectivity index (χ2n) is 4.99. The molecule has 6 nitrogen and oxygen atoms in total. The average Bonchev–Trinajstić information content (AvgIpc) is 3.08. The largest absolute Gasteiger partial charge is 0.316 e. The van der Waals surface area contributed by atoms with Gasteiger partial charge in [0.1, 0.15) is 5.82 Å². The molecule has 3 aromatic heterocycles. The van der Waals surface area contributed by atoms with Crippen LogP contribution in [0.5, 0.6) is 0 Å². The Labute approximate surface area is 141 Å². The Morgan fingerprint density at radius 2 is 2.13 bits per heavy atom. The molecule has 0 aliphatic rings. The molecule has 8 heteroatoms. The fourth-order valence-electron chi connectivity index (χ4n) is 1.90. The van der Waals surface area contributed by atoms with Crippen LogP contribution in [-0.4, -0.2) is 20.9 Å². The van der Waals surface area contributed by atoms with Gasteiger partial charge in [-0.25, -0.2) is 15.0 Å². The van der Waals surface area contributed by atoms with Crippen molar-refractivity contribution in [2.24, 2.45) is 0 Å². The number of carbonyl (C=O) groups excluding carboxylic acids is 1. The zero-order valence-electron chi connectivity index (χ0n) is 12.7. The van der Waals surface area contributed by atoms with Gasteiger partial charge in [0.05, 0.1) is 12.1 Å². The fraction of sp³-hybridized carbons (Fsp3) is 0.200. The molecule has 0 spiro atoms. The van der Waals surface area contributed by atoms with Crippen LogP contribution in [0.1, 0.15) is 16.1 Å². The Hall–Kier alpha value is -2.32. The molecule has 3 rings (SSSR count). The summed E-state index contributed by atoms with van der Waals surface area (Å²) in [6.07, 6.45) is 3.70. The number of hydrogen-bond donors (Lipinski definition) is 2. The van der Waals surface area contributed by atoms with Crippen molar-refractivity contribution >= 4 is 44.7 Å². The quantitative estimate of drug-likeness (QED) is 0.739. The van der Waals surface area contributed by atoms with Gasteiger partial charge in [-0.1, -0.05) is 0 Å². The lowest BCUT2D eigenvalue weighted by Crippen LogP contribution is -2.14. The molecule has 0 bridgehead atoms. The Morgan fingerprint density at radius 3 is 2.87 bits per heavy atom. The number of aryl methyl sites for hydroxylation is 2. The highest BCUT2D eigenvalue weighted by Gasteiger charge is 2.10. The number of carbonyl (C=O) groups is 1. The third-order valence-electron chi connectivity index (χ3n) is 2.91. The van der Waals surface area contributed by atoms with Gasteiger partial charge < -0.3 is 10.6 Å². The lowest BCUT2D eigenvalue weighted by Gasteiger charge is -2.02. The van der Waals surface area contributed by atoms with Crippen molar-refractivity contribution in [1.29, 1.82) is 0 Å². The van der Waals surface area contributed by atoms with Crippen LogP contribution >= 0.6 is 22.7 Å². The molecular weight excluding hydrogens is 330 g/mol. The minimum Gasteiger partial charge on any atom is -0.316 e. The second kappa shape index (κ2) is 6.84. The molecule has 2 N–H and O–H groups in total. The summed E-state index contributed by atoms with van der Waals surface area (Å²) in [4.78, 5) is 25.8. The molecule has 0 saturated carbocycles. The summed E-state index contributed by atoms with van der Waals surface area (Å²) in [7, 11) is 0. The smallest absolute Gasteiger partial charge is 0.232 e. The molecule has 3 heterocycles. The minimum absolute atomic E-state index is 0.120. The van der Waals surface area contributed by atoms with E-state index < -0.39 is 0 Å². The van der Waals surface area contributed by atoms with Crippen molar-refractivity contribution < 1.29 is 4.79 Å². The molecular formula is C15H15N5OS2. The Bertz CT molecular complexity index is 827. The normalized spacial score (nSPS) is 10.5. The van der Waals surface area contributed by atoms with Crippen LogP contribution in [0.25, 0.3) is 0 Å². The molecule has 23 heavy (non-hydrogen) atoms. The van der Waals surface area contributed by atoms with Gasteiger partial charge in [0.25, 0.3) is 0 Å². The zero-order chi connectivity index (χ0) is 16.2. The maximum Gasteiger partial charge on any atom is 0.232 e. The van der Waals surface area contributed by atoms with E-state index in [0.29, 0.717) is 5.13 Å². The summed E-state index contributed by atoms with van der Waals surface area (Å²) in [5.41, 5.74) is 1.84. The van der Waals surface area contributed by atoms with E-state index in [2.05, 4.69) is 25.6 Å². The van der Waals surface area contributed by atoms with Crippen molar-refractivity contribution in [2.45, 2.75) is 20.3 Å². The van der Waals surface area contributed by atoms with Gasteiger partial charge in [0, 0.05) is 22.7 Å². The van der Waals surface area contributed by atoms with Crippen LogP contribution in [0, 0.1) is 13.8 Å². The number of pyridine rings is 1. The summed E-state index contributed by atoms with van der Waals surface area (Å²) in [6, 6.07) is 3.88. The van der Waals surface area contributed by atoms with Gasteiger partial charge >= 0.3 is 0 Å². The Kier molecular flexibility index (Phi) is 4.63. The van der Waals surface area contributed by atoms with E-state index in [1.54, 1.807) is 12.4 Å². The van der Waals surface area contributed by atoms with Crippen LogP contribution in [0.4, 0.5) is 16.1 Å². The van der Waals surface area contributed by atoms with Crippen molar-refractivity contribution in [3.05, 3.63) is 46.0 Å². The number of aromatic nitrogens is 3. The predicted octanol–water partition coefficient (Wildman–Crippen LogP) is 3.54. The van der Waals surface area contributed by atoms with Crippen LogP contribution in [-0.2, 0) is 11.2 Å². The van der Waals surface area contributed by atoms with E-state index in [1.807, 2.05) is 31.4 Å². The molecule has 0 radical (unpaired) electrons. The SMILES string of the molecule is Cc1ccnc(Nc2nc(CC(=O)Nc3ncc(C)s3)cs2)c1. The topological polar surface area (TPSA) is 79.8 Å².